The van der Waals surface area contributed by atoms with Crippen LogP contribution in [0.25, 0.3) is 0 Å². The molecule has 1 fully saturated rings. The number of amides is 1. The number of hydrogen-bond donors (Lipinski definition) is 3. The van der Waals surface area contributed by atoms with Crippen molar-refractivity contribution >= 4 is 11.9 Å². The molecular formula is C13H20N4O3. The number of aromatic carboxylic acids is 1. The summed E-state index contributed by atoms with van der Waals surface area (Å²) >= 11 is 0. The van der Waals surface area contributed by atoms with Crippen molar-refractivity contribution in [2.75, 3.05) is 13.1 Å². The van der Waals surface area contributed by atoms with Crippen LogP contribution in [0, 0.1) is 0 Å². The van der Waals surface area contributed by atoms with Crippen molar-refractivity contribution in [1.82, 2.24) is 20.2 Å². The molecule has 1 aromatic heterocycles. The molecule has 0 saturated carbocycles. The Balaban J connectivity index is 1.80. The van der Waals surface area contributed by atoms with Gasteiger partial charge in [-0.2, -0.15) is 0 Å². The van der Waals surface area contributed by atoms with E-state index in [1.807, 2.05) is 6.92 Å². The van der Waals surface area contributed by atoms with Gasteiger partial charge in [0.1, 0.15) is 0 Å². The molecule has 110 valence electrons. The van der Waals surface area contributed by atoms with E-state index in [0.717, 1.165) is 25.8 Å². The molecule has 1 amide bonds. The number of piperidine rings is 1. The van der Waals surface area contributed by atoms with Gasteiger partial charge in [0.25, 0.3) is 0 Å². The largest absolute Gasteiger partial charge is 0.476 e. The van der Waals surface area contributed by atoms with Gasteiger partial charge in [-0.05, 0) is 32.7 Å². The molecule has 0 radical (unpaired) electrons. The number of carbonyl (C=O) groups excluding carboxylic acids is 1. The van der Waals surface area contributed by atoms with Crippen molar-refractivity contribution in [1.29, 1.82) is 0 Å². The van der Waals surface area contributed by atoms with Gasteiger partial charge in [0.2, 0.25) is 5.91 Å². The molecule has 1 unspecified atom stereocenters. The standard InChI is InChI=1S/C13H20N4O3/c1-13(4-2-3-5-16-13)12(20)14-6-7-17-8-10(11(18)19)15-9-17/h8-9,16H,2-7H2,1H3,(H,14,20)(H,18,19). The SMILES string of the molecule is CC1(C(=O)NCCn2cnc(C(=O)O)c2)CCCCN1. The summed E-state index contributed by atoms with van der Waals surface area (Å²) in [6.45, 7) is 3.74. The smallest absolute Gasteiger partial charge is 0.356 e. The Morgan fingerprint density at radius 3 is 2.95 bits per heavy atom. The van der Waals surface area contributed by atoms with Gasteiger partial charge in [-0.15, -0.1) is 0 Å². The Labute approximate surface area is 117 Å². The van der Waals surface area contributed by atoms with Crippen LogP contribution in [0.3, 0.4) is 0 Å². The Morgan fingerprint density at radius 2 is 2.35 bits per heavy atom. The molecule has 1 aromatic rings. The monoisotopic (exact) mass is 280 g/mol. The zero-order valence-electron chi connectivity index (χ0n) is 11.6. The number of carboxylic acid groups (broad SMARTS) is 1. The zero-order valence-corrected chi connectivity index (χ0v) is 11.6. The zero-order chi connectivity index (χ0) is 14.6. The molecule has 3 N–H and O–H groups in total. The number of aromatic nitrogens is 2. The molecule has 0 spiro atoms. The maximum absolute atomic E-state index is 12.1. The Hall–Kier alpha value is -1.89. The van der Waals surface area contributed by atoms with Gasteiger partial charge in [0.15, 0.2) is 5.69 Å². The lowest BCUT2D eigenvalue weighted by atomic mass is 9.90. The van der Waals surface area contributed by atoms with Crippen LogP contribution in [-0.2, 0) is 11.3 Å². The minimum absolute atomic E-state index is 0.00391. The summed E-state index contributed by atoms with van der Waals surface area (Å²) in [5.41, 5.74) is -0.475. The van der Waals surface area contributed by atoms with Crippen LogP contribution < -0.4 is 10.6 Å². The molecule has 2 rings (SSSR count). The third-order valence-corrected chi connectivity index (χ3v) is 3.63. The molecule has 2 heterocycles. The summed E-state index contributed by atoms with van der Waals surface area (Å²) in [6, 6.07) is 0. The maximum atomic E-state index is 12.1. The second-order valence-electron chi connectivity index (χ2n) is 5.27. The highest BCUT2D eigenvalue weighted by molar-refractivity contribution is 5.86. The van der Waals surface area contributed by atoms with Gasteiger partial charge < -0.3 is 20.3 Å². The molecular weight excluding hydrogens is 260 g/mol. The first-order valence-corrected chi connectivity index (χ1v) is 6.80. The van der Waals surface area contributed by atoms with Gasteiger partial charge >= 0.3 is 5.97 Å². The molecule has 1 aliphatic heterocycles. The third kappa shape index (κ3) is 3.36. The van der Waals surface area contributed by atoms with E-state index in [1.165, 1.54) is 12.5 Å². The Kier molecular flexibility index (Phi) is 4.39. The average molecular weight is 280 g/mol. The molecule has 20 heavy (non-hydrogen) atoms. The van der Waals surface area contributed by atoms with Crippen LogP contribution in [0.5, 0.6) is 0 Å². The van der Waals surface area contributed by atoms with E-state index in [1.54, 1.807) is 4.57 Å². The van der Waals surface area contributed by atoms with Crippen LogP contribution in [0.15, 0.2) is 12.5 Å². The van der Waals surface area contributed by atoms with Crippen LogP contribution in [-0.4, -0.2) is 45.2 Å². The summed E-state index contributed by atoms with van der Waals surface area (Å²) in [4.78, 5) is 26.6. The number of carbonyl (C=O) groups is 2. The van der Waals surface area contributed by atoms with Gasteiger partial charge in [-0.1, -0.05) is 0 Å². The fourth-order valence-corrected chi connectivity index (χ4v) is 2.34. The summed E-state index contributed by atoms with van der Waals surface area (Å²) < 4.78 is 1.65. The second kappa shape index (κ2) is 6.04. The number of carboxylic acids is 1. The van der Waals surface area contributed by atoms with E-state index in [2.05, 4.69) is 15.6 Å². The number of imidazole rings is 1. The van der Waals surface area contributed by atoms with E-state index in [-0.39, 0.29) is 11.6 Å². The fourth-order valence-electron chi connectivity index (χ4n) is 2.34. The van der Waals surface area contributed by atoms with Crippen molar-refractivity contribution in [2.24, 2.45) is 0 Å². The molecule has 1 saturated heterocycles. The lowest BCUT2D eigenvalue weighted by molar-refractivity contribution is -0.127. The quantitative estimate of drug-likeness (QED) is 0.717. The van der Waals surface area contributed by atoms with Crippen molar-refractivity contribution in [3.8, 4) is 0 Å². The Morgan fingerprint density at radius 1 is 1.55 bits per heavy atom. The van der Waals surface area contributed by atoms with E-state index in [0.29, 0.717) is 13.1 Å². The van der Waals surface area contributed by atoms with E-state index < -0.39 is 11.5 Å². The number of hydrogen-bond acceptors (Lipinski definition) is 4. The van der Waals surface area contributed by atoms with Crippen molar-refractivity contribution < 1.29 is 14.7 Å². The average Bonchev–Trinajstić information content (AvgIpc) is 2.88. The number of nitrogens with one attached hydrogen (secondary N) is 2. The van der Waals surface area contributed by atoms with Crippen molar-refractivity contribution in [2.45, 2.75) is 38.3 Å². The highest BCUT2D eigenvalue weighted by Crippen LogP contribution is 2.18. The molecule has 7 nitrogen and oxygen atoms in total. The number of nitrogens with zero attached hydrogens (tertiary/aromatic N) is 2. The van der Waals surface area contributed by atoms with Gasteiger partial charge in [0, 0.05) is 19.3 Å². The van der Waals surface area contributed by atoms with Crippen molar-refractivity contribution in [3.63, 3.8) is 0 Å². The first kappa shape index (κ1) is 14.5. The first-order valence-electron chi connectivity index (χ1n) is 6.80. The molecule has 0 bridgehead atoms. The number of rotatable bonds is 5. The summed E-state index contributed by atoms with van der Waals surface area (Å²) in [5, 5.41) is 14.9. The van der Waals surface area contributed by atoms with Gasteiger partial charge in [0.05, 0.1) is 11.9 Å². The minimum atomic E-state index is -1.05. The lowest BCUT2D eigenvalue weighted by Crippen LogP contribution is -2.57. The van der Waals surface area contributed by atoms with Crippen LogP contribution in [0.2, 0.25) is 0 Å². The topological polar surface area (TPSA) is 96.2 Å². The van der Waals surface area contributed by atoms with Gasteiger partial charge in [-0.3, -0.25) is 4.79 Å². The minimum Gasteiger partial charge on any atom is -0.476 e. The van der Waals surface area contributed by atoms with Crippen LogP contribution >= 0.6 is 0 Å². The van der Waals surface area contributed by atoms with Gasteiger partial charge in [-0.25, -0.2) is 9.78 Å². The maximum Gasteiger partial charge on any atom is 0.356 e. The molecule has 0 aliphatic carbocycles. The highest BCUT2D eigenvalue weighted by atomic mass is 16.4. The predicted molar refractivity (Wildman–Crippen MR) is 72.5 cm³/mol. The predicted octanol–water partition coefficient (Wildman–Crippen LogP) is 0.230. The van der Waals surface area contributed by atoms with Crippen LogP contribution in [0.1, 0.15) is 36.7 Å². The summed E-state index contributed by atoms with van der Waals surface area (Å²) in [6.07, 6.45) is 5.91. The van der Waals surface area contributed by atoms with E-state index >= 15 is 0 Å². The van der Waals surface area contributed by atoms with Crippen LogP contribution in [0.4, 0.5) is 0 Å². The summed E-state index contributed by atoms with van der Waals surface area (Å²) in [7, 11) is 0. The van der Waals surface area contributed by atoms with E-state index in [4.69, 9.17) is 5.11 Å². The highest BCUT2D eigenvalue weighted by Gasteiger charge is 2.33. The third-order valence-electron chi connectivity index (χ3n) is 3.63. The summed E-state index contributed by atoms with van der Waals surface area (Å²) in [5.74, 6) is -1.05. The molecule has 7 heteroatoms. The first-order chi connectivity index (χ1) is 9.51. The lowest BCUT2D eigenvalue weighted by Gasteiger charge is -2.33. The van der Waals surface area contributed by atoms with E-state index in [9.17, 15) is 9.59 Å². The molecule has 1 atom stereocenters. The Bertz CT molecular complexity index is 492. The molecule has 1 aliphatic rings. The van der Waals surface area contributed by atoms with Crippen molar-refractivity contribution in [3.05, 3.63) is 18.2 Å². The second-order valence-corrected chi connectivity index (χ2v) is 5.27. The normalized spacial score (nSPS) is 22.4. The molecule has 0 aromatic carbocycles. The fraction of sp³-hybridized carbons (Fsp3) is 0.615.